The van der Waals surface area contributed by atoms with Crippen LogP contribution in [0.25, 0.3) is 11.1 Å². The maximum atomic E-state index is 13.5. The second-order valence-electron chi connectivity index (χ2n) is 6.96. The topological polar surface area (TPSA) is 108 Å². The predicted molar refractivity (Wildman–Crippen MR) is 107 cm³/mol. The van der Waals surface area contributed by atoms with E-state index in [4.69, 9.17) is 11.5 Å². The lowest BCUT2D eigenvalue weighted by Gasteiger charge is -2.19. The number of esters is 1. The summed E-state index contributed by atoms with van der Waals surface area (Å²) in [5.41, 5.74) is 11.3. The Balaban J connectivity index is 2.10. The minimum absolute atomic E-state index is 0.0775. The van der Waals surface area contributed by atoms with Crippen LogP contribution < -0.4 is 16.2 Å². The van der Waals surface area contributed by atoms with Gasteiger partial charge in [0.1, 0.15) is 11.6 Å². The molecule has 0 saturated carbocycles. The van der Waals surface area contributed by atoms with E-state index in [9.17, 15) is 31.5 Å². The fourth-order valence-corrected chi connectivity index (χ4v) is 3.22. The number of carbonyl (C=O) groups is 2. The quantitative estimate of drug-likeness (QED) is 0.327. The Morgan fingerprint density at radius 2 is 1.64 bits per heavy atom. The molecule has 1 amide bonds. The molecule has 4 N–H and O–H groups in total. The smallest absolute Gasteiger partial charge is 0.418 e. The Morgan fingerprint density at radius 1 is 1.00 bits per heavy atom. The molecular weight excluding hydrogens is 449 g/mol. The Kier molecular flexibility index (Phi) is 6.73. The van der Waals surface area contributed by atoms with E-state index in [0.29, 0.717) is 6.07 Å². The first-order valence-corrected chi connectivity index (χ1v) is 9.35. The number of primary amides is 1. The summed E-state index contributed by atoms with van der Waals surface area (Å²) in [7, 11) is 0. The van der Waals surface area contributed by atoms with Crippen molar-refractivity contribution in [2.45, 2.75) is 18.6 Å². The highest BCUT2D eigenvalue weighted by Gasteiger charge is 2.42. The highest BCUT2D eigenvalue weighted by atomic mass is 19.4. The monoisotopic (exact) mass is 465 g/mol. The van der Waals surface area contributed by atoms with Crippen molar-refractivity contribution in [3.05, 3.63) is 83.2 Å². The van der Waals surface area contributed by atoms with Crippen molar-refractivity contribution in [2.24, 2.45) is 11.5 Å². The number of carbonyl (C=O) groups excluding carboxylic acids is 2. The van der Waals surface area contributed by atoms with E-state index in [0.717, 1.165) is 18.2 Å². The number of rotatable bonds is 6. The van der Waals surface area contributed by atoms with Crippen LogP contribution in [0.1, 0.15) is 27.7 Å². The maximum absolute atomic E-state index is 13.5. The molecule has 2 aromatic carbocycles. The lowest BCUT2D eigenvalue weighted by molar-refractivity contribution is -0.189. The number of hydrogen-bond donors (Lipinski definition) is 2. The molecule has 6 nitrogen and oxygen atoms in total. The molecule has 0 unspecified atom stereocenters. The number of nitrogens with zero attached hydrogens (tertiary/aromatic N) is 1. The number of hydrogen-bond acceptors (Lipinski definition) is 5. The molecule has 1 aromatic heterocycles. The van der Waals surface area contributed by atoms with E-state index >= 15 is 0 Å². The zero-order valence-electron chi connectivity index (χ0n) is 16.7. The number of aromatic nitrogens is 1. The van der Waals surface area contributed by atoms with Crippen molar-refractivity contribution in [1.82, 2.24) is 4.98 Å². The number of nitrogens with two attached hydrogens (primary N) is 2. The zero-order valence-corrected chi connectivity index (χ0v) is 16.7. The average Bonchev–Trinajstić information content (AvgIpc) is 2.72. The van der Waals surface area contributed by atoms with Crippen LogP contribution in [0.15, 0.2) is 54.7 Å². The van der Waals surface area contributed by atoms with Crippen molar-refractivity contribution >= 4 is 11.9 Å². The lowest BCUT2D eigenvalue weighted by Crippen LogP contribution is -2.29. The fourth-order valence-electron chi connectivity index (χ4n) is 3.22. The van der Waals surface area contributed by atoms with Crippen molar-refractivity contribution in [3.63, 3.8) is 0 Å². The molecule has 3 aromatic rings. The average molecular weight is 465 g/mol. The van der Waals surface area contributed by atoms with Crippen LogP contribution in [0.2, 0.25) is 0 Å². The van der Waals surface area contributed by atoms with Crippen molar-refractivity contribution < 1.29 is 36.3 Å². The molecule has 1 heterocycles. The molecule has 172 valence electrons. The molecule has 0 aliphatic heterocycles. The largest absolute Gasteiger partial charge is 0.491 e. The molecule has 0 aliphatic carbocycles. The van der Waals surface area contributed by atoms with E-state index in [1.54, 1.807) is 0 Å². The van der Waals surface area contributed by atoms with Gasteiger partial charge in [-0.25, -0.2) is 13.6 Å². The molecule has 0 aliphatic rings. The molecule has 0 saturated heterocycles. The zero-order chi connectivity index (χ0) is 24.3. The van der Waals surface area contributed by atoms with Gasteiger partial charge in [0.25, 0.3) is 5.91 Å². The second kappa shape index (κ2) is 9.33. The molecule has 11 heteroatoms. The van der Waals surface area contributed by atoms with Crippen LogP contribution in [0.4, 0.5) is 22.0 Å². The van der Waals surface area contributed by atoms with Gasteiger partial charge < -0.3 is 16.2 Å². The first-order chi connectivity index (χ1) is 15.5. The van der Waals surface area contributed by atoms with E-state index in [1.165, 1.54) is 30.5 Å². The normalized spacial score (nSPS) is 12.3. The summed E-state index contributed by atoms with van der Waals surface area (Å²) in [6.45, 7) is 0. The molecule has 0 radical (unpaired) electrons. The molecule has 0 fully saturated rings. The highest BCUT2D eigenvalue weighted by molar-refractivity contribution is 5.99. The Bertz CT molecular complexity index is 1190. The third-order valence-corrected chi connectivity index (χ3v) is 4.56. The summed E-state index contributed by atoms with van der Waals surface area (Å²) >= 11 is 0. The molecule has 3 rings (SSSR count). The standard InChI is InChI=1S/C22H16F5N3O3/c23-12-7-11(8-13(24)10-12)9-17(28)18-14(5-2-6-30-18)15-3-1-4-16(20(29)31)19(15)33-21(32)22(25,26)27/h1-8,10,17H,9,28H2,(H2,29,31)/t17-/m0/s1. The maximum Gasteiger partial charge on any atom is 0.491 e. The van der Waals surface area contributed by atoms with Crippen molar-refractivity contribution in [2.75, 3.05) is 0 Å². The second-order valence-corrected chi connectivity index (χ2v) is 6.96. The SMILES string of the molecule is NC(=O)c1cccc(-c2cccnc2[C@@H](N)Cc2cc(F)cc(F)c2)c1OC(=O)C(F)(F)F. The fraction of sp³-hybridized carbons (Fsp3) is 0.136. The van der Waals surface area contributed by atoms with Gasteiger partial charge in [-0.05, 0) is 36.2 Å². The van der Waals surface area contributed by atoms with Gasteiger partial charge in [-0.3, -0.25) is 9.78 Å². The third-order valence-electron chi connectivity index (χ3n) is 4.56. The van der Waals surface area contributed by atoms with Crippen LogP contribution in [-0.4, -0.2) is 23.0 Å². The van der Waals surface area contributed by atoms with Crippen LogP contribution in [0, 0.1) is 11.6 Å². The Labute approximate surface area is 184 Å². The number of amides is 1. The van der Waals surface area contributed by atoms with Gasteiger partial charge in [0.05, 0.1) is 17.3 Å². The molecule has 0 bridgehead atoms. The van der Waals surface area contributed by atoms with Crippen molar-refractivity contribution in [1.29, 1.82) is 0 Å². The number of para-hydroxylation sites is 1. The minimum atomic E-state index is -5.34. The van der Waals surface area contributed by atoms with Crippen molar-refractivity contribution in [3.8, 4) is 16.9 Å². The van der Waals surface area contributed by atoms with Crippen LogP contribution in [-0.2, 0) is 11.2 Å². The number of benzene rings is 2. The van der Waals surface area contributed by atoms with Crippen LogP contribution in [0.5, 0.6) is 5.75 Å². The third kappa shape index (κ3) is 5.50. The van der Waals surface area contributed by atoms with Gasteiger partial charge >= 0.3 is 12.1 Å². The minimum Gasteiger partial charge on any atom is -0.418 e. The lowest BCUT2D eigenvalue weighted by atomic mass is 9.94. The van der Waals surface area contributed by atoms with Gasteiger partial charge in [0, 0.05) is 23.4 Å². The number of ether oxygens (including phenoxy) is 1. The number of alkyl halides is 3. The highest BCUT2D eigenvalue weighted by Crippen LogP contribution is 2.37. The molecule has 0 spiro atoms. The molecule has 33 heavy (non-hydrogen) atoms. The summed E-state index contributed by atoms with van der Waals surface area (Å²) in [5, 5.41) is 0. The van der Waals surface area contributed by atoms with E-state index in [-0.39, 0.29) is 28.8 Å². The molecular formula is C22H16F5N3O3. The van der Waals surface area contributed by atoms with Crippen LogP contribution in [0.3, 0.4) is 0 Å². The van der Waals surface area contributed by atoms with E-state index < -0.39 is 47.0 Å². The van der Waals surface area contributed by atoms with Gasteiger partial charge in [0.15, 0.2) is 5.75 Å². The molecule has 1 atom stereocenters. The first-order valence-electron chi connectivity index (χ1n) is 9.35. The van der Waals surface area contributed by atoms with E-state index in [2.05, 4.69) is 9.72 Å². The first kappa shape index (κ1) is 23.8. The predicted octanol–water partition coefficient (Wildman–Crippen LogP) is 3.84. The van der Waals surface area contributed by atoms with Gasteiger partial charge in [0.2, 0.25) is 0 Å². The Morgan fingerprint density at radius 3 is 2.24 bits per heavy atom. The van der Waals surface area contributed by atoms with Gasteiger partial charge in [-0.15, -0.1) is 0 Å². The summed E-state index contributed by atoms with van der Waals surface area (Å²) in [6.07, 6.45) is -4.06. The van der Waals surface area contributed by atoms with Gasteiger partial charge in [-0.2, -0.15) is 13.2 Å². The van der Waals surface area contributed by atoms with Crippen LogP contribution >= 0.6 is 0 Å². The summed E-state index contributed by atoms with van der Waals surface area (Å²) in [5.74, 6) is -6.03. The Hall–Kier alpha value is -3.86. The van der Waals surface area contributed by atoms with Gasteiger partial charge in [-0.1, -0.05) is 18.2 Å². The number of halogens is 5. The summed E-state index contributed by atoms with van der Waals surface area (Å²) < 4.78 is 70.1. The van der Waals surface area contributed by atoms with E-state index in [1.807, 2.05) is 0 Å². The summed E-state index contributed by atoms with van der Waals surface area (Å²) in [4.78, 5) is 27.5. The summed E-state index contributed by atoms with van der Waals surface area (Å²) in [6, 6.07) is 8.47. The number of pyridine rings is 1.